The molecule has 2 aliphatic rings. The van der Waals surface area contributed by atoms with Gasteiger partial charge >= 0.3 is 0 Å². The highest BCUT2D eigenvalue weighted by molar-refractivity contribution is 7.99. The molecule has 1 amide bonds. The maximum Gasteiger partial charge on any atom is 0.231 e. The lowest BCUT2D eigenvalue weighted by Crippen LogP contribution is -2.52. The fourth-order valence-corrected chi connectivity index (χ4v) is 3.94. The summed E-state index contributed by atoms with van der Waals surface area (Å²) in [7, 11) is 0. The summed E-state index contributed by atoms with van der Waals surface area (Å²) in [6, 6.07) is 8.71. The van der Waals surface area contributed by atoms with Crippen LogP contribution in [0.1, 0.15) is 18.4 Å². The average Bonchev–Trinajstić information content (AvgIpc) is 2.82. The fraction of sp³-hybridized carbons (Fsp3) is 0.500. The summed E-state index contributed by atoms with van der Waals surface area (Å²) >= 11 is 1.81. The highest BCUT2D eigenvalue weighted by Gasteiger charge is 2.33. The largest absolute Gasteiger partial charge is 0.339 e. The number of benzene rings is 1. The van der Waals surface area contributed by atoms with E-state index < -0.39 is 0 Å². The van der Waals surface area contributed by atoms with E-state index in [0.29, 0.717) is 11.9 Å². The van der Waals surface area contributed by atoms with Gasteiger partial charge in [-0.3, -0.25) is 4.79 Å². The van der Waals surface area contributed by atoms with E-state index in [1.54, 1.807) is 11.8 Å². The number of carbonyl (C=O) groups excluding carboxylic acids is 1. The molecule has 0 radical (unpaired) electrons. The van der Waals surface area contributed by atoms with Crippen LogP contribution in [0.25, 0.3) is 0 Å². The van der Waals surface area contributed by atoms with Crippen molar-refractivity contribution in [3.05, 3.63) is 29.8 Å². The molecule has 4 heteroatoms. The predicted molar refractivity (Wildman–Crippen MR) is 74.0 cm³/mol. The van der Waals surface area contributed by atoms with Gasteiger partial charge < -0.3 is 10.2 Å². The summed E-state index contributed by atoms with van der Waals surface area (Å²) in [5.74, 6) is 1.27. The molecular formula is C14H18N2OS. The van der Waals surface area contributed by atoms with Crippen LogP contribution in [-0.4, -0.2) is 42.2 Å². The zero-order valence-electron chi connectivity index (χ0n) is 10.6. The smallest absolute Gasteiger partial charge is 0.231 e. The lowest BCUT2D eigenvalue weighted by Gasteiger charge is -2.33. The van der Waals surface area contributed by atoms with E-state index in [1.807, 2.05) is 17.0 Å². The second kappa shape index (κ2) is 4.94. The monoisotopic (exact) mass is 262 g/mol. The Morgan fingerprint density at radius 3 is 3.11 bits per heavy atom. The van der Waals surface area contributed by atoms with Gasteiger partial charge in [-0.15, -0.1) is 11.8 Å². The summed E-state index contributed by atoms with van der Waals surface area (Å²) < 4.78 is 0. The number of amides is 1. The van der Waals surface area contributed by atoms with Gasteiger partial charge in [0.25, 0.3) is 0 Å². The summed E-state index contributed by atoms with van der Waals surface area (Å²) in [5, 5.41) is 3.38. The van der Waals surface area contributed by atoms with Crippen molar-refractivity contribution in [2.24, 2.45) is 0 Å². The Labute approximate surface area is 112 Å². The molecule has 1 fully saturated rings. The lowest BCUT2D eigenvalue weighted by atomic mass is 9.99. The van der Waals surface area contributed by atoms with Crippen molar-refractivity contribution in [2.75, 3.05) is 25.4 Å². The quantitative estimate of drug-likeness (QED) is 0.836. The molecule has 2 aliphatic heterocycles. The Morgan fingerprint density at radius 2 is 2.28 bits per heavy atom. The Kier molecular flexibility index (Phi) is 3.31. The Morgan fingerprint density at radius 1 is 1.44 bits per heavy atom. The second-order valence-electron chi connectivity index (χ2n) is 5.04. The molecule has 0 aliphatic carbocycles. The second-order valence-corrected chi connectivity index (χ2v) is 6.10. The van der Waals surface area contributed by atoms with E-state index in [2.05, 4.69) is 24.4 Å². The summed E-state index contributed by atoms with van der Waals surface area (Å²) in [6.07, 6.45) is 0. The Hall–Kier alpha value is -1.00. The van der Waals surface area contributed by atoms with Gasteiger partial charge in [0.2, 0.25) is 5.91 Å². The number of hydrogen-bond acceptors (Lipinski definition) is 3. The van der Waals surface area contributed by atoms with Crippen LogP contribution in [0.3, 0.4) is 0 Å². The molecule has 2 atom stereocenters. The van der Waals surface area contributed by atoms with Crippen LogP contribution >= 0.6 is 11.8 Å². The van der Waals surface area contributed by atoms with Crippen LogP contribution in [0.15, 0.2) is 29.2 Å². The zero-order valence-corrected chi connectivity index (χ0v) is 11.4. The molecule has 0 spiro atoms. The third-order valence-electron chi connectivity index (χ3n) is 3.68. The maximum atomic E-state index is 12.6. The van der Waals surface area contributed by atoms with E-state index >= 15 is 0 Å². The molecule has 1 saturated heterocycles. The Bertz CT molecular complexity index is 463. The summed E-state index contributed by atoms with van der Waals surface area (Å²) in [4.78, 5) is 15.9. The molecule has 3 nitrogen and oxygen atoms in total. The molecule has 1 aromatic rings. The summed E-state index contributed by atoms with van der Waals surface area (Å²) in [6.45, 7) is 4.72. The SMILES string of the molecule is C[C@@H]1CN(C(=O)[C@@H]2CSc3ccccc32)CCN1. The first-order valence-corrected chi connectivity index (χ1v) is 7.48. The molecule has 96 valence electrons. The van der Waals surface area contributed by atoms with E-state index in [-0.39, 0.29) is 5.92 Å². The van der Waals surface area contributed by atoms with Gasteiger partial charge in [-0.1, -0.05) is 18.2 Å². The molecule has 2 heterocycles. The van der Waals surface area contributed by atoms with Crippen LogP contribution in [0.2, 0.25) is 0 Å². The van der Waals surface area contributed by atoms with Gasteiger partial charge in [0.15, 0.2) is 0 Å². The first-order valence-electron chi connectivity index (χ1n) is 6.49. The molecule has 3 rings (SSSR count). The van der Waals surface area contributed by atoms with Gasteiger partial charge in [0.1, 0.15) is 0 Å². The third-order valence-corrected chi connectivity index (χ3v) is 4.86. The number of hydrogen-bond donors (Lipinski definition) is 1. The van der Waals surface area contributed by atoms with Crippen molar-refractivity contribution in [1.29, 1.82) is 0 Å². The van der Waals surface area contributed by atoms with Gasteiger partial charge in [-0.2, -0.15) is 0 Å². The van der Waals surface area contributed by atoms with Gasteiger partial charge in [0, 0.05) is 36.3 Å². The van der Waals surface area contributed by atoms with E-state index in [1.165, 1.54) is 10.5 Å². The Balaban J connectivity index is 1.78. The minimum Gasteiger partial charge on any atom is -0.339 e. The molecule has 0 saturated carbocycles. The van der Waals surface area contributed by atoms with Crippen molar-refractivity contribution >= 4 is 17.7 Å². The lowest BCUT2D eigenvalue weighted by molar-refractivity contribution is -0.133. The van der Waals surface area contributed by atoms with Gasteiger partial charge in [-0.05, 0) is 18.6 Å². The van der Waals surface area contributed by atoms with Crippen molar-refractivity contribution in [3.63, 3.8) is 0 Å². The number of thioether (sulfide) groups is 1. The average molecular weight is 262 g/mol. The fourth-order valence-electron chi connectivity index (χ4n) is 2.72. The first kappa shape index (κ1) is 12.1. The number of piperazine rings is 1. The molecule has 1 N–H and O–H groups in total. The normalized spacial score (nSPS) is 27.1. The number of carbonyl (C=O) groups is 1. The van der Waals surface area contributed by atoms with Gasteiger partial charge in [-0.25, -0.2) is 0 Å². The molecule has 0 aromatic heterocycles. The van der Waals surface area contributed by atoms with E-state index in [9.17, 15) is 4.79 Å². The minimum absolute atomic E-state index is 0.0662. The highest BCUT2D eigenvalue weighted by atomic mass is 32.2. The van der Waals surface area contributed by atoms with Crippen LogP contribution < -0.4 is 5.32 Å². The van der Waals surface area contributed by atoms with Crippen LogP contribution in [0, 0.1) is 0 Å². The number of nitrogens with zero attached hydrogens (tertiary/aromatic N) is 1. The number of rotatable bonds is 1. The zero-order chi connectivity index (χ0) is 12.5. The van der Waals surface area contributed by atoms with Crippen molar-refractivity contribution < 1.29 is 4.79 Å². The minimum atomic E-state index is 0.0662. The topological polar surface area (TPSA) is 32.3 Å². The number of fused-ring (bicyclic) bond motifs is 1. The maximum absolute atomic E-state index is 12.6. The van der Waals surface area contributed by atoms with Crippen LogP contribution in [0.5, 0.6) is 0 Å². The van der Waals surface area contributed by atoms with Crippen LogP contribution in [-0.2, 0) is 4.79 Å². The molecular weight excluding hydrogens is 244 g/mol. The molecule has 1 aromatic carbocycles. The van der Waals surface area contributed by atoms with Gasteiger partial charge in [0.05, 0.1) is 5.92 Å². The summed E-state index contributed by atoms with van der Waals surface area (Å²) in [5.41, 5.74) is 1.22. The van der Waals surface area contributed by atoms with Crippen molar-refractivity contribution in [2.45, 2.75) is 23.8 Å². The van der Waals surface area contributed by atoms with E-state index in [4.69, 9.17) is 0 Å². The standard InChI is InChI=1S/C14H18N2OS/c1-10-8-16(7-6-15-10)14(17)12-9-18-13-5-3-2-4-11(12)13/h2-5,10,12,15H,6-9H2,1H3/t10-,12-/m1/s1. The molecule has 0 unspecified atom stereocenters. The van der Waals surface area contributed by atoms with Crippen molar-refractivity contribution in [3.8, 4) is 0 Å². The molecule has 0 bridgehead atoms. The third kappa shape index (κ3) is 2.15. The molecule has 18 heavy (non-hydrogen) atoms. The van der Waals surface area contributed by atoms with E-state index in [0.717, 1.165) is 25.4 Å². The first-order chi connectivity index (χ1) is 8.75. The highest BCUT2D eigenvalue weighted by Crippen LogP contribution is 2.40. The van der Waals surface area contributed by atoms with Crippen molar-refractivity contribution in [1.82, 2.24) is 10.2 Å². The predicted octanol–water partition coefficient (Wildman–Crippen LogP) is 1.70. The van der Waals surface area contributed by atoms with Crippen LogP contribution in [0.4, 0.5) is 0 Å². The number of nitrogens with one attached hydrogen (secondary N) is 1.